The van der Waals surface area contributed by atoms with Gasteiger partial charge in [0.25, 0.3) is 0 Å². The van der Waals surface area contributed by atoms with Crippen LogP contribution >= 0.6 is 45.7 Å². The molecule has 27 heavy (non-hydrogen) atoms. The number of nitriles is 1. The lowest BCUT2D eigenvalue weighted by Crippen LogP contribution is -2.04. The van der Waals surface area contributed by atoms with Crippen molar-refractivity contribution in [3.8, 4) is 28.3 Å². The molecule has 0 amide bonds. The Hall–Kier alpha value is -1.82. The van der Waals surface area contributed by atoms with Gasteiger partial charge in [-0.15, -0.1) is 23.1 Å². The molecule has 0 saturated heterocycles. The Labute approximate surface area is 180 Å². The molecular formula is C21H16INO2S2. The van der Waals surface area contributed by atoms with Gasteiger partial charge in [-0.1, -0.05) is 42.5 Å². The van der Waals surface area contributed by atoms with Crippen LogP contribution in [0.5, 0.6) is 0 Å². The molecule has 0 spiro atoms. The monoisotopic (exact) mass is 505 g/mol. The Morgan fingerprint density at radius 1 is 1.19 bits per heavy atom. The maximum atomic E-state index is 12.4. The molecule has 3 nitrogen and oxygen atoms in total. The van der Waals surface area contributed by atoms with Gasteiger partial charge in [0.05, 0.1) is 15.1 Å². The van der Waals surface area contributed by atoms with Crippen LogP contribution in [-0.2, 0) is 4.74 Å². The van der Waals surface area contributed by atoms with E-state index in [0.29, 0.717) is 22.6 Å². The lowest BCUT2D eigenvalue weighted by molar-refractivity contribution is 0.0533. The molecule has 0 aliphatic rings. The SMILES string of the molecule is CCOC(=O)c1sc(I)c(C#N)c1-c1ccc(-c2ccccc2SC)cc1. The van der Waals surface area contributed by atoms with Gasteiger partial charge in [-0.3, -0.25) is 0 Å². The molecule has 0 fully saturated rings. The zero-order valence-corrected chi connectivity index (χ0v) is 18.6. The van der Waals surface area contributed by atoms with Crippen LogP contribution in [0, 0.1) is 14.2 Å². The Kier molecular flexibility index (Phi) is 6.58. The number of hydrogen-bond donors (Lipinski definition) is 0. The lowest BCUT2D eigenvalue weighted by atomic mass is 9.98. The highest BCUT2D eigenvalue weighted by atomic mass is 127. The van der Waals surface area contributed by atoms with Gasteiger partial charge < -0.3 is 4.74 Å². The van der Waals surface area contributed by atoms with Crippen LogP contribution in [-0.4, -0.2) is 18.8 Å². The second-order valence-corrected chi connectivity index (χ2v) is 9.24. The fourth-order valence-electron chi connectivity index (χ4n) is 2.82. The van der Waals surface area contributed by atoms with E-state index in [1.165, 1.54) is 21.8 Å². The molecule has 0 aliphatic carbocycles. The molecule has 0 unspecified atom stereocenters. The molecule has 0 saturated carbocycles. The van der Waals surface area contributed by atoms with Crippen molar-refractivity contribution >= 4 is 51.7 Å². The minimum atomic E-state index is -0.381. The van der Waals surface area contributed by atoms with E-state index in [0.717, 1.165) is 14.0 Å². The first-order valence-electron chi connectivity index (χ1n) is 8.24. The van der Waals surface area contributed by atoms with Gasteiger partial charge in [-0.25, -0.2) is 4.79 Å². The Morgan fingerprint density at radius 3 is 2.48 bits per heavy atom. The zero-order chi connectivity index (χ0) is 19.4. The van der Waals surface area contributed by atoms with Crippen LogP contribution in [0.15, 0.2) is 53.4 Å². The fraction of sp³-hybridized carbons (Fsp3) is 0.143. The summed E-state index contributed by atoms with van der Waals surface area (Å²) in [4.78, 5) is 14.1. The summed E-state index contributed by atoms with van der Waals surface area (Å²) >= 11 is 5.12. The van der Waals surface area contributed by atoms with Crippen LogP contribution in [0.1, 0.15) is 22.2 Å². The predicted octanol–water partition coefficient (Wildman–Crippen LogP) is 6.46. The number of hydrogen-bond acceptors (Lipinski definition) is 5. The molecule has 3 rings (SSSR count). The lowest BCUT2D eigenvalue weighted by Gasteiger charge is -2.09. The molecular weight excluding hydrogens is 489 g/mol. The topological polar surface area (TPSA) is 50.1 Å². The molecule has 0 radical (unpaired) electrons. The summed E-state index contributed by atoms with van der Waals surface area (Å²) in [6.45, 7) is 2.08. The predicted molar refractivity (Wildman–Crippen MR) is 120 cm³/mol. The van der Waals surface area contributed by atoms with Crippen molar-refractivity contribution in [2.24, 2.45) is 0 Å². The summed E-state index contributed by atoms with van der Waals surface area (Å²) in [6, 6.07) is 18.5. The fourth-order valence-corrected chi connectivity index (χ4v) is 5.38. The number of thiophene rings is 1. The third-order valence-corrected chi connectivity index (χ3v) is 6.98. The quantitative estimate of drug-likeness (QED) is 0.227. The van der Waals surface area contributed by atoms with E-state index in [2.05, 4.69) is 47.0 Å². The van der Waals surface area contributed by atoms with E-state index in [4.69, 9.17) is 4.74 Å². The highest BCUT2D eigenvalue weighted by Gasteiger charge is 2.24. The number of thioether (sulfide) groups is 1. The van der Waals surface area contributed by atoms with E-state index < -0.39 is 0 Å². The summed E-state index contributed by atoms with van der Waals surface area (Å²) in [5.74, 6) is -0.381. The third-order valence-electron chi connectivity index (χ3n) is 4.03. The van der Waals surface area contributed by atoms with Crippen LogP contribution in [0.25, 0.3) is 22.3 Å². The van der Waals surface area contributed by atoms with Crippen LogP contribution < -0.4 is 0 Å². The standard InChI is InChI=1S/C21H16INO2S2/c1-3-25-21(24)19-18(16(12-23)20(22)27-19)14-10-8-13(9-11-14)15-6-4-5-7-17(15)26-2/h4-11H,3H2,1-2H3. The Bertz CT molecular complexity index is 1020. The van der Waals surface area contributed by atoms with Crippen LogP contribution in [0.2, 0.25) is 0 Å². The number of esters is 1. The second kappa shape index (κ2) is 8.91. The second-order valence-electron chi connectivity index (χ2n) is 5.56. The molecule has 6 heteroatoms. The molecule has 0 bridgehead atoms. The normalized spacial score (nSPS) is 10.4. The number of rotatable bonds is 5. The molecule has 0 N–H and O–H groups in total. The van der Waals surface area contributed by atoms with Gasteiger partial charge in [0.1, 0.15) is 10.9 Å². The molecule has 3 aromatic rings. The van der Waals surface area contributed by atoms with Crippen molar-refractivity contribution in [2.75, 3.05) is 12.9 Å². The smallest absolute Gasteiger partial charge is 0.349 e. The van der Waals surface area contributed by atoms with E-state index in [1.807, 2.05) is 36.4 Å². The number of ether oxygens (including phenoxy) is 1. The van der Waals surface area contributed by atoms with Gasteiger partial charge in [0.2, 0.25) is 0 Å². The number of carbonyl (C=O) groups excluding carboxylic acids is 1. The molecule has 2 aromatic carbocycles. The summed E-state index contributed by atoms with van der Waals surface area (Å²) in [6.07, 6.45) is 2.06. The van der Waals surface area contributed by atoms with Crippen molar-refractivity contribution in [1.29, 1.82) is 5.26 Å². The van der Waals surface area contributed by atoms with Crippen LogP contribution in [0.3, 0.4) is 0 Å². The van der Waals surface area contributed by atoms with Crippen LogP contribution in [0.4, 0.5) is 0 Å². The average molecular weight is 505 g/mol. The number of benzene rings is 2. The van der Waals surface area contributed by atoms with Gasteiger partial charge in [-0.05, 0) is 58.5 Å². The Balaban J connectivity index is 2.08. The molecule has 0 aliphatic heterocycles. The van der Waals surface area contributed by atoms with Gasteiger partial charge in [0.15, 0.2) is 0 Å². The molecule has 1 aromatic heterocycles. The van der Waals surface area contributed by atoms with Crippen molar-refractivity contribution in [2.45, 2.75) is 11.8 Å². The van der Waals surface area contributed by atoms with Crippen molar-refractivity contribution in [3.05, 3.63) is 61.9 Å². The molecule has 136 valence electrons. The van der Waals surface area contributed by atoms with E-state index in [-0.39, 0.29) is 5.97 Å². The zero-order valence-electron chi connectivity index (χ0n) is 14.8. The maximum Gasteiger partial charge on any atom is 0.349 e. The molecule has 1 heterocycles. The summed E-state index contributed by atoms with van der Waals surface area (Å²) < 4.78 is 5.98. The first kappa shape index (κ1) is 19.9. The van der Waals surface area contributed by atoms with E-state index in [1.54, 1.807) is 18.7 Å². The molecule has 0 atom stereocenters. The summed E-state index contributed by atoms with van der Waals surface area (Å²) in [5, 5.41) is 9.58. The van der Waals surface area contributed by atoms with Gasteiger partial charge in [-0.2, -0.15) is 5.26 Å². The first-order valence-corrected chi connectivity index (χ1v) is 11.4. The Morgan fingerprint density at radius 2 is 1.85 bits per heavy atom. The maximum absolute atomic E-state index is 12.4. The summed E-state index contributed by atoms with van der Waals surface area (Å²) in [7, 11) is 0. The number of carbonyl (C=O) groups is 1. The summed E-state index contributed by atoms with van der Waals surface area (Å²) in [5.41, 5.74) is 4.31. The van der Waals surface area contributed by atoms with Crippen molar-refractivity contribution < 1.29 is 9.53 Å². The van der Waals surface area contributed by atoms with Gasteiger partial charge in [0, 0.05) is 10.5 Å². The van der Waals surface area contributed by atoms with Gasteiger partial charge >= 0.3 is 5.97 Å². The van der Waals surface area contributed by atoms with Crippen molar-refractivity contribution in [1.82, 2.24) is 0 Å². The minimum Gasteiger partial charge on any atom is -0.462 e. The number of nitrogens with zero attached hydrogens (tertiary/aromatic N) is 1. The largest absolute Gasteiger partial charge is 0.462 e. The highest BCUT2D eigenvalue weighted by Crippen LogP contribution is 2.39. The van der Waals surface area contributed by atoms with E-state index in [9.17, 15) is 10.1 Å². The number of halogens is 1. The van der Waals surface area contributed by atoms with E-state index >= 15 is 0 Å². The van der Waals surface area contributed by atoms with Crippen molar-refractivity contribution in [3.63, 3.8) is 0 Å². The first-order chi connectivity index (χ1) is 13.1. The minimum absolute atomic E-state index is 0.305. The average Bonchev–Trinajstić information content (AvgIpc) is 3.04. The highest BCUT2D eigenvalue weighted by molar-refractivity contribution is 14.1. The third kappa shape index (κ3) is 4.05.